The highest BCUT2D eigenvalue weighted by Gasteiger charge is 2.50. The summed E-state index contributed by atoms with van der Waals surface area (Å²) in [6.45, 7) is 4.75. The van der Waals surface area contributed by atoms with Crippen molar-refractivity contribution < 1.29 is 4.92 Å². The molecule has 0 bridgehead atoms. The van der Waals surface area contributed by atoms with E-state index in [4.69, 9.17) is 11.6 Å². The van der Waals surface area contributed by atoms with Crippen LogP contribution in [0.4, 0.5) is 0 Å². The highest BCUT2D eigenvalue weighted by Crippen LogP contribution is 2.32. The minimum Gasteiger partial charge on any atom is -0.260 e. The SMILES string of the molecule is CC1=NC(CC(N=O)C(C)(C)Cl)([N+](=O)[O-])N=C1. The van der Waals surface area contributed by atoms with Gasteiger partial charge in [0, 0.05) is 0 Å². The molecule has 8 heteroatoms. The predicted octanol–water partition coefficient (Wildman–Crippen LogP) is 2.00. The third-order valence-electron chi connectivity index (χ3n) is 2.49. The average Bonchev–Trinajstić information content (AvgIpc) is 2.56. The lowest BCUT2D eigenvalue weighted by Gasteiger charge is -2.24. The van der Waals surface area contributed by atoms with Crippen molar-refractivity contribution in [2.75, 3.05) is 0 Å². The Labute approximate surface area is 103 Å². The van der Waals surface area contributed by atoms with Crippen molar-refractivity contribution in [2.24, 2.45) is 15.2 Å². The Kier molecular flexibility index (Phi) is 3.61. The van der Waals surface area contributed by atoms with Gasteiger partial charge >= 0.3 is 5.79 Å². The Morgan fingerprint density at radius 3 is 2.59 bits per heavy atom. The molecule has 0 fully saturated rings. The summed E-state index contributed by atoms with van der Waals surface area (Å²) in [5.41, 5.74) is 0.443. The first-order valence-electron chi connectivity index (χ1n) is 4.99. The van der Waals surface area contributed by atoms with Crippen LogP contribution in [0.3, 0.4) is 0 Å². The molecule has 1 aliphatic rings. The van der Waals surface area contributed by atoms with E-state index in [0.29, 0.717) is 5.71 Å². The number of nitrogens with zero attached hydrogens (tertiary/aromatic N) is 4. The first kappa shape index (κ1) is 13.7. The zero-order chi connectivity index (χ0) is 13.3. The molecule has 0 amide bonds. The van der Waals surface area contributed by atoms with Crippen LogP contribution in [0.1, 0.15) is 27.2 Å². The summed E-state index contributed by atoms with van der Waals surface area (Å²) in [4.78, 5) is 27.8. The highest BCUT2D eigenvalue weighted by molar-refractivity contribution is 6.30. The van der Waals surface area contributed by atoms with Gasteiger partial charge in [-0.25, -0.2) is 0 Å². The molecule has 0 N–H and O–H groups in total. The molecular formula is C9H13ClN4O3. The molecule has 0 aromatic rings. The molecule has 94 valence electrons. The molecule has 1 heterocycles. The molecule has 17 heavy (non-hydrogen) atoms. The van der Waals surface area contributed by atoms with Gasteiger partial charge in [0.15, 0.2) is 0 Å². The molecule has 0 saturated carbocycles. The standard InChI is InChI=1S/C9H13ClN4O3/c1-6-5-11-9(12-6,14(16)17)4-7(13-15)8(2,3)10/h5,7H,4H2,1-3H3. The van der Waals surface area contributed by atoms with Gasteiger partial charge < -0.3 is 0 Å². The van der Waals surface area contributed by atoms with Crippen molar-refractivity contribution in [1.82, 2.24) is 0 Å². The fraction of sp³-hybridized carbons (Fsp3) is 0.778. The van der Waals surface area contributed by atoms with Crippen molar-refractivity contribution in [3.8, 4) is 0 Å². The topological polar surface area (TPSA) is 97.3 Å². The van der Waals surface area contributed by atoms with E-state index in [9.17, 15) is 15.0 Å². The molecule has 2 atom stereocenters. The van der Waals surface area contributed by atoms with Crippen molar-refractivity contribution in [1.29, 1.82) is 0 Å². The lowest BCUT2D eigenvalue weighted by Crippen LogP contribution is -2.41. The van der Waals surface area contributed by atoms with Crippen LogP contribution in [0.2, 0.25) is 0 Å². The maximum atomic E-state index is 11.0. The molecule has 0 spiro atoms. The Morgan fingerprint density at radius 2 is 2.29 bits per heavy atom. The van der Waals surface area contributed by atoms with Crippen LogP contribution < -0.4 is 0 Å². The molecule has 1 rings (SSSR count). The second-order valence-corrected chi connectivity index (χ2v) is 5.41. The molecule has 2 unspecified atom stereocenters. The maximum Gasteiger partial charge on any atom is 0.414 e. The third-order valence-corrected chi connectivity index (χ3v) is 2.74. The first-order valence-corrected chi connectivity index (χ1v) is 5.36. The summed E-state index contributed by atoms with van der Waals surface area (Å²) in [7, 11) is 0. The smallest absolute Gasteiger partial charge is 0.260 e. The Bertz CT molecular complexity index is 402. The van der Waals surface area contributed by atoms with Gasteiger partial charge in [0.25, 0.3) is 0 Å². The molecule has 0 aromatic carbocycles. The zero-order valence-corrected chi connectivity index (χ0v) is 10.5. The van der Waals surface area contributed by atoms with Gasteiger partial charge in [0.1, 0.15) is 6.04 Å². The van der Waals surface area contributed by atoms with Crippen LogP contribution in [0, 0.1) is 15.0 Å². The van der Waals surface area contributed by atoms with E-state index in [1.807, 2.05) is 0 Å². The summed E-state index contributed by atoms with van der Waals surface area (Å²) in [5, 5.41) is 13.9. The van der Waals surface area contributed by atoms with E-state index in [-0.39, 0.29) is 6.42 Å². The lowest BCUT2D eigenvalue weighted by molar-refractivity contribution is -0.567. The minimum absolute atomic E-state index is 0.242. The van der Waals surface area contributed by atoms with Crippen molar-refractivity contribution in [2.45, 2.75) is 43.9 Å². The first-order chi connectivity index (χ1) is 7.71. The number of hydrogen-bond acceptors (Lipinski definition) is 6. The van der Waals surface area contributed by atoms with Crippen LogP contribution in [-0.4, -0.2) is 33.6 Å². The zero-order valence-electron chi connectivity index (χ0n) is 9.75. The Balaban J connectivity index is 3.01. The monoisotopic (exact) mass is 260 g/mol. The van der Waals surface area contributed by atoms with E-state index >= 15 is 0 Å². The number of halogens is 1. The normalized spacial score (nSPS) is 25.5. The minimum atomic E-state index is -1.85. The van der Waals surface area contributed by atoms with E-state index in [2.05, 4.69) is 15.2 Å². The lowest BCUT2D eigenvalue weighted by atomic mass is 9.97. The molecule has 0 aliphatic carbocycles. The summed E-state index contributed by atoms with van der Waals surface area (Å²) in [6, 6.07) is -0.943. The fourth-order valence-electron chi connectivity index (χ4n) is 1.46. The number of aliphatic imine (C=N–C) groups is 2. The van der Waals surface area contributed by atoms with Crippen molar-refractivity contribution in [3.05, 3.63) is 15.0 Å². The van der Waals surface area contributed by atoms with Gasteiger partial charge in [-0.15, -0.1) is 11.6 Å². The molecule has 7 nitrogen and oxygen atoms in total. The molecule has 0 aromatic heterocycles. The summed E-state index contributed by atoms with van der Waals surface area (Å²) >= 11 is 5.96. The number of nitro groups is 1. The number of alkyl halides is 1. The van der Waals surface area contributed by atoms with Crippen LogP contribution in [0.15, 0.2) is 15.2 Å². The number of hydrogen-bond donors (Lipinski definition) is 0. The van der Waals surface area contributed by atoms with Crippen LogP contribution >= 0.6 is 11.6 Å². The molecular weight excluding hydrogens is 248 g/mol. The summed E-state index contributed by atoms with van der Waals surface area (Å²) < 4.78 is 0. The second kappa shape index (κ2) is 4.48. The maximum absolute atomic E-state index is 11.0. The molecule has 1 aliphatic heterocycles. The Hall–Kier alpha value is -1.37. The summed E-state index contributed by atoms with van der Waals surface area (Å²) in [6.07, 6.45) is 1.07. The van der Waals surface area contributed by atoms with Gasteiger partial charge in [0.05, 0.1) is 28.1 Å². The number of nitroso groups, excluding NO2 is 1. The molecule has 0 saturated heterocycles. The second-order valence-electron chi connectivity index (χ2n) is 4.43. The van der Waals surface area contributed by atoms with Crippen LogP contribution in [0.5, 0.6) is 0 Å². The quantitative estimate of drug-likeness (QED) is 0.327. The van der Waals surface area contributed by atoms with E-state index < -0.39 is 21.6 Å². The van der Waals surface area contributed by atoms with Crippen LogP contribution in [-0.2, 0) is 0 Å². The van der Waals surface area contributed by atoms with Gasteiger partial charge in [-0.05, 0) is 20.8 Å². The molecule has 0 radical (unpaired) electrons. The Morgan fingerprint density at radius 1 is 1.71 bits per heavy atom. The van der Waals surface area contributed by atoms with Gasteiger partial charge in [-0.3, -0.25) is 10.1 Å². The van der Waals surface area contributed by atoms with Gasteiger partial charge in [-0.1, -0.05) is 5.18 Å². The average molecular weight is 261 g/mol. The van der Waals surface area contributed by atoms with E-state index in [1.54, 1.807) is 20.8 Å². The van der Waals surface area contributed by atoms with Crippen molar-refractivity contribution in [3.63, 3.8) is 0 Å². The number of rotatable bonds is 5. The largest absolute Gasteiger partial charge is 0.414 e. The van der Waals surface area contributed by atoms with Crippen LogP contribution in [0.25, 0.3) is 0 Å². The van der Waals surface area contributed by atoms with Crippen molar-refractivity contribution >= 4 is 23.5 Å². The third kappa shape index (κ3) is 2.85. The van der Waals surface area contributed by atoms with Gasteiger partial charge in [0.2, 0.25) is 0 Å². The van der Waals surface area contributed by atoms with E-state index in [1.165, 1.54) is 6.21 Å². The highest BCUT2D eigenvalue weighted by atomic mass is 35.5. The van der Waals surface area contributed by atoms with Gasteiger partial charge in [-0.2, -0.15) is 14.9 Å². The summed E-state index contributed by atoms with van der Waals surface area (Å²) in [5.74, 6) is -1.85. The predicted molar refractivity (Wildman–Crippen MR) is 65.5 cm³/mol. The fourth-order valence-corrected chi connectivity index (χ4v) is 1.58. The van der Waals surface area contributed by atoms with E-state index in [0.717, 1.165) is 0 Å².